The summed E-state index contributed by atoms with van der Waals surface area (Å²) in [6.45, 7) is 1.69. The number of hydrogen-bond donors (Lipinski definition) is 0. The number of rotatable bonds is 2. The molecule has 5 heteroatoms. The van der Waals surface area contributed by atoms with Gasteiger partial charge < -0.3 is 9.64 Å². The third-order valence-electron chi connectivity index (χ3n) is 2.69. The summed E-state index contributed by atoms with van der Waals surface area (Å²) in [7, 11) is 0. The Morgan fingerprint density at radius 2 is 2.12 bits per heavy atom. The summed E-state index contributed by atoms with van der Waals surface area (Å²) < 4.78 is 5.42. The van der Waals surface area contributed by atoms with Crippen molar-refractivity contribution in [3.63, 3.8) is 0 Å². The Morgan fingerprint density at radius 1 is 1.41 bits per heavy atom. The molecule has 17 heavy (non-hydrogen) atoms. The summed E-state index contributed by atoms with van der Waals surface area (Å²) in [5, 5.41) is 0.627. The Balaban J connectivity index is 2.06. The van der Waals surface area contributed by atoms with E-state index in [-0.39, 0.29) is 12.0 Å². The fourth-order valence-corrected chi connectivity index (χ4v) is 2.08. The molecule has 1 aliphatic rings. The highest BCUT2D eigenvalue weighted by molar-refractivity contribution is 6.30. The normalized spacial score (nSPS) is 20.4. The molecule has 0 bridgehead atoms. The number of carbonyl (C=O) groups excluding carboxylic acids is 1. The van der Waals surface area contributed by atoms with Crippen molar-refractivity contribution in [3.8, 4) is 0 Å². The maximum absolute atomic E-state index is 12.2. The van der Waals surface area contributed by atoms with E-state index in [0.717, 1.165) is 0 Å². The molecule has 3 nitrogen and oxygen atoms in total. The number of hydrogen-bond acceptors (Lipinski definition) is 2. The van der Waals surface area contributed by atoms with Crippen LogP contribution in [0.1, 0.15) is 10.4 Å². The van der Waals surface area contributed by atoms with E-state index < -0.39 is 0 Å². The van der Waals surface area contributed by atoms with Gasteiger partial charge in [-0.3, -0.25) is 4.79 Å². The predicted molar refractivity (Wildman–Crippen MR) is 67.8 cm³/mol. The van der Waals surface area contributed by atoms with Crippen LogP contribution in [0.4, 0.5) is 0 Å². The number of ether oxygens (including phenoxy) is 1. The first-order chi connectivity index (χ1) is 8.20. The number of alkyl halides is 1. The zero-order valence-corrected chi connectivity index (χ0v) is 10.7. The van der Waals surface area contributed by atoms with Crippen LogP contribution in [-0.4, -0.2) is 42.5 Å². The molecule has 0 aromatic heterocycles. The van der Waals surface area contributed by atoms with Gasteiger partial charge in [0, 0.05) is 23.7 Å². The predicted octanol–water partition coefficient (Wildman–Crippen LogP) is 2.42. The Labute approximate surface area is 110 Å². The fourth-order valence-electron chi connectivity index (χ4n) is 1.77. The van der Waals surface area contributed by atoms with Gasteiger partial charge in [0.15, 0.2) is 0 Å². The van der Waals surface area contributed by atoms with Gasteiger partial charge in [-0.15, -0.1) is 11.6 Å². The molecule has 0 aliphatic carbocycles. The van der Waals surface area contributed by atoms with Crippen molar-refractivity contribution in [3.05, 3.63) is 34.9 Å². The Morgan fingerprint density at radius 3 is 2.76 bits per heavy atom. The molecule has 0 N–H and O–H groups in total. The van der Waals surface area contributed by atoms with E-state index in [1.165, 1.54) is 0 Å². The number of morpholine rings is 1. The lowest BCUT2D eigenvalue weighted by molar-refractivity contribution is -0.0108. The van der Waals surface area contributed by atoms with E-state index in [9.17, 15) is 4.79 Å². The Kier molecular flexibility index (Phi) is 4.26. The van der Waals surface area contributed by atoms with Crippen LogP contribution in [0, 0.1) is 0 Å². The molecular formula is C12H13Cl2NO2. The standard InChI is InChI=1S/C12H13Cl2NO2/c13-7-11-8-15(5-6-17-11)12(16)9-1-3-10(14)4-2-9/h1-4,11H,5-8H2. The topological polar surface area (TPSA) is 29.5 Å². The largest absolute Gasteiger partial charge is 0.373 e. The average Bonchev–Trinajstić information content (AvgIpc) is 2.39. The summed E-state index contributed by atoms with van der Waals surface area (Å²) in [6.07, 6.45) is -0.0679. The first-order valence-corrected chi connectivity index (χ1v) is 6.34. The van der Waals surface area contributed by atoms with Crippen LogP contribution in [0.3, 0.4) is 0 Å². The number of halogens is 2. The quantitative estimate of drug-likeness (QED) is 0.775. The minimum absolute atomic E-state index is 0.0000772. The van der Waals surface area contributed by atoms with E-state index in [0.29, 0.717) is 36.2 Å². The van der Waals surface area contributed by atoms with Gasteiger partial charge in [0.1, 0.15) is 0 Å². The molecule has 1 heterocycles. The summed E-state index contributed by atoms with van der Waals surface area (Å²) >= 11 is 11.5. The lowest BCUT2D eigenvalue weighted by atomic mass is 10.2. The van der Waals surface area contributed by atoms with Crippen molar-refractivity contribution in [2.24, 2.45) is 0 Å². The lowest BCUT2D eigenvalue weighted by Crippen LogP contribution is -2.46. The van der Waals surface area contributed by atoms with Crippen LogP contribution in [0.5, 0.6) is 0 Å². The fraction of sp³-hybridized carbons (Fsp3) is 0.417. The second kappa shape index (κ2) is 5.71. The second-order valence-electron chi connectivity index (χ2n) is 3.91. The van der Waals surface area contributed by atoms with E-state index in [1.807, 2.05) is 0 Å². The van der Waals surface area contributed by atoms with Crippen molar-refractivity contribution in [2.45, 2.75) is 6.10 Å². The van der Waals surface area contributed by atoms with Crippen molar-refractivity contribution >= 4 is 29.1 Å². The van der Waals surface area contributed by atoms with Gasteiger partial charge >= 0.3 is 0 Å². The van der Waals surface area contributed by atoms with Gasteiger partial charge in [0.25, 0.3) is 5.91 Å². The lowest BCUT2D eigenvalue weighted by Gasteiger charge is -2.32. The molecule has 0 radical (unpaired) electrons. The van der Waals surface area contributed by atoms with Crippen LogP contribution in [0.25, 0.3) is 0 Å². The molecule has 92 valence electrons. The molecule has 1 aromatic rings. The molecule has 1 amide bonds. The van der Waals surface area contributed by atoms with Crippen LogP contribution in [0.15, 0.2) is 24.3 Å². The molecule has 0 spiro atoms. The monoisotopic (exact) mass is 273 g/mol. The highest BCUT2D eigenvalue weighted by Crippen LogP contribution is 2.14. The van der Waals surface area contributed by atoms with Crippen LogP contribution in [0.2, 0.25) is 5.02 Å². The van der Waals surface area contributed by atoms with E-state index in [4.69, 9.17) is 27.9 Å². The second-order valence-corrected chi connectivity index (χ2v) is 4.65. The third kappa shape index (κ3) is 3.12. The summed E-state index contributed by atoms with van der Waals surface area (Å²) in [4.78, 5) is 13.9. The van der Waals surface area contributed by atoms with Crippen molar-refractivity contribution < 1.29 is 9.53 Å². The first kappa shape index (κ1) is 12.7. The number of benzene rings is 1. The van der Waals surface area contributed by atoms with E-state index in [1.54, 1.807) is 29.2 Å². The maximum Gasteiger partial charge on any atom is 0.254 e. The SMILES string of the molecule is O=C(c1ccc(Cl)cc1)N1CCOC(CCl)C1. The van der Waals surface area contributed by atoms with E-state index >= 15 is 0 Å². The number of amides is 1. The molecule has 1 saturated heterocycles. The van der Waals surface area contributed by atoms with Gasteiger partial charge in [0.05, 0.1) is 18.6 Å². The van der Waals surface area contributed by atoms with Crippen LogP contribution >= 0.6 is 23.2 Å². The maximum atomic E-state index is 12.2. The molecular weight excluding hydrogens is 261 g/mol. The minimum Gasteiger partial charge on any atom is -0.373 e. The highest BCUT2D eigenvalue weighted by Gasteiger charge is 2.24. The molecule has 1 aromatic carbocycles. The molecule has 2 rings (SSSR count). The zero-order chi connectivity index (χ0) is 12.3. The zero-order valence-electron chi connectivity index (χ0n) is 9.23. The van der Waals surface area contributed by atoms with Crippen LogP contribution in [-0.2, 0) is 4.74 Å². The third-order valence-corrected chi connectivity index (χ3v) is 3.29. The van der Waals surface area contributed by atoms with Crippen molar-refractivity contribution in [1.29, 1.82) is 0 Å². The smallest absolute Gasteiger partial charge is 0.254 e. The van der Waals surface area contributed by atoms with Gasteiger partial charge in [-0.05, 0) is 24.3 Å². The number of nitrogens with zero attached hydrogens (tertiary/aromatic N) is 1. The van der Waals surface area contributed by atoms with Gasteiger partial charge in [-0.1, -0.05) is 11.6 Å². The number of carbonyl (C=O) groups is 1. The Bertz CT molecular complexity index is 394. The minimum atomic E-state index is -0.0679. The summed E-state index contributed by atoms with van der Waals surface area (Å²) in [5.41, 5.74) is 0.643. The van der Waals surface area contributed by atoms with Crippen molar-refractivity contribution in [2.75, 3.05) is 25.6 Å². The summed E-state index contributed by atoms with van der Waals surface area (Å²) in [6, 6.07) is 6.90. The van der Waals surface area contributed by atoms with E-state index in [2.05, 4.69) is 0 Å². The van der Waals surface area contributed by atoms with Gasteiger partial charge in [0.2, 0.25) is 0 Å². The molecule has 1 aliphatic heterocycles. The van der Waals surface area contributed by atoms with Crippen molar-refractivity contribution in [1.82, 2.24) is 4.90 Å². The summed E-state index contributed by atoms with van der Waals surface area (Å²) in [5.74, 6) is 0.407. The highest BCUT2D eigenvalue weighted by atomic mass is 35.5. The van der Waals surface area contributed by atoms with Gasteiger partial charge in [-0.25, -0.2) is 0 Å². The first-order valence-electron chi connectivity index (χ1n) is 5.43. The average molecular weight is 274 g/mol. The Hall–Kier alpha value is -0.770. The van der Waals surface area contributed by atoms with Gasteiger partial charge in [-0.2, -0.15) is 0 Å². The molecule has 1 fully saturated rings. The van der Waals surface area contributed by atoms with Crippen LogP contribution < -0.4 is 0 Å². The molecule has 0 saturated carbocycles. The molecule has 1 unspecified atom stereocenters. The molecule has 1 atom stereocenters.